The second-order valence-corrected chi connectivity index (χ2v) is 6.71. The van der Waals surface area contributed by atoms with Crippen LogP contribution in [-0.2, 0) is 6.42 Å². The molecule has 2 aromatic carbocycles. The van der Waals surface area contributed by atoms with Crippen molar-refractivity contribution in [3.63, 3.8) is 0 Å². The van der Waals surface area contributed by atoms with E-state index in [-0.39, 0.29) is 0 Å². The van der Waals surface area contributed by atoms with E-state index in [0.717, 1.165) is 12.8 Å². The Morgan fingerprint density at radius 1 is 1.08 bits per heavy atom. The molecule has 0 bridgehead atoms. The SMILES string of the molecule is C=C=C=C(C)CC(C)C=C(C)c1ccccc1-c1ccc(CC)cc1. The van der Waals surface area contributed by atoms with Gasteiger partial charge in [-0.1, -0.05) is 79.9 Å². The molecule has 1 unspecified atom stereocenters. The maximum absolute atomic E-state index is 3.60. The second-order valence-electron chi connectivity index (χ2n) is 6.71. The molecule has 0 amide bonds. The summed E-state index contributed by atoms with van der Waals surface area (Å²) in [4.78, 5) is 0. The zero-order chi connectivity index (χ0) is 18.2. The van der Waals surface area contributed by atoms with Crippen LogP contribution < -0.4 is 0 Å². The molecule has 0 aromatic heterocycles. The van der Waals surface area contributed by atoms with Crippen LogP contribution in [0.25, 0.3) is 16.7 Å². The molecule has 0 fully saturated rings. The first-order valence-corrected chi connectivity index (χ1v) is 9.02. The van der Waals surface area contributed by atoms with Crippen molar-refractivity contribution in [1.82, 2.24) is 0 Å². The third-order valence-electron chi connectivity index (χ3n) is 4.49. The molecular weight excluding hydrogens is 300 g/mol. The molecular formula is C25H28. The number of aryl methyl sites for hydroxylation is 1. The predicted molar refractivity (Wildman–Crippen MR) is 111 cm³/mol. The largest absolute Gasteiger partial charge is 0.0782 e. The minimum atomic E-state index is 0.455. The molecule has 0 radical (unpaired) electrons. The Bertz CT molecular complexity index is 821. The van der Waals surface area contributed by atoms with Gasteiger partial charge >= 0.3 is 0 Å². The van der Waals surface area contributed by atoms with Gasteiger partial charge in [0, 0.05) is 0 Å². The first-order chi connectivity index (χ1) is 12.0. The van der Waals surface area contributed by atoms with E-state index in [1.54, 1.807) is 0 Å². The van der Waals surface area contributed by atoms with Crippen LogP contribution >= 0.6 is 0 Å². The smallest absolute Gasteiger partial charge is 0.0109 e. The number of hydrogen-bond donors (Lipinski definition) is 0. The molecule has 0 aliphatic carbocycles. The fourth-order valence-corrected chi connectivity index (χ4v) is 3.26. The summed E-state index contributed by atoms with van der Waals surface area (Å²) in [7, 11) is 0. The standard InChI is InChI=1S/C25H28/c1-6-10-19(3)17-20(4)18-21(5)24-11-8-9-12-25(24)23-15-13-22(7-2)14-16-23/h8-9,11-16,18,20H,1,7,17H2,2-5H3. The maximum atomic E-state index is 3.60. The molecule has 0 saturated heterocycles. The molecule has 0 nitrogen and oxygen atoms in total. The molecule has 0 N–H and O–H groups in total. The molecule has 2 aromatic rings. The Kier molecular flexibility index (Phi) is 6.84. The van der Waals surface area contributed by atoms with Gasteiger partial charge in [0.15, 0.2) is 0 Å². The molecule has 0 aliphatic heterocycles. The Hall–Kier alpha value is -2.52. The lowest BCUT2D eigenvalue weighted by Crippen LogP contribution is -1.94. The van der Waals surface area contributed by atoms with E-state index in [2.05, 4.69) is 100 Å². The van der Waals surface area contributed by atoms with Crippen molar-refractivity contribution >= 4 is 5.57 Å². The van der Waals surface area contributed by atoms with Crippen LogP contribution in [0.5, 0.6) is 0 Å². The van der Waals surface area contributed by atoms with Gasteiger partial charge in [0.25, 0.3) is 0 Å². The fraction of sp³-hybridized carbons (Fsp3) is 0.280. The Balaban J connectivity index is 2.34. The van der Waals surface area contributed by atoms with Crippen molar-refractivity contribution in [2.24, 2.45) is 5.92 Å². The summed E-state index contributed by atoms with van der Waals surface area (Å²) in [6.45, 7) is 12.3. The molecule has 0 heteroatoms. The molecule has 1 atom stereocenters. The lowest BCUT2D eigenvalue weighted by molar-refractivity contribution is 0.718. The predicted octanol–water partition coefficient (Wildman–Crippen LogP) is 7.23. The van der Waals surface area contributed by atoms with Gasteiger partial charge in [-0.25, -0.2) is 0 Å². The fourth-order valence-electron chi connectivity index (χ4n) is 3.26. The van der Waals surface area contributed by atoms with Gasteiger partial charge in [0.1, 0.15) is 0 Å². The van der Waals surface area contributed by atoms with Crippen molar-refractivity contribution in [2.45, 2.75) is 40.5 Å². The Morgan fingerprint density at radius 3 is 2.40 bits per heavy atom. The lowest BCUT2D eigenvalue weighted by Gasteiger charge is -2.13. The first kappa shape index (κ1) is 18.8. The average molecular weight is 328 g/mol. The molecule has 0 heterocycles. The third-order valence-corrected chi connectivity index (χ3v) is 4.49. The normalized spacial score (nSPS) is 12.2. The molecule has 128 valence electrons. The van der Waals surface area contributed by atoms with E-state index in [4.69, 9.17) is 0 Å². The van der Waals surface area contributed by atoms with E-state index in [9.17, 15) is 0 Å². The minimum Gasteiger partial charge on any atom is -0.0782 e. The second kappa shape index (κ2) is 9.09. The van der Waals surface area contributed by atoms with Gasteiger partial charge < -0.3 is 0 Å². The van der Waals surface area contributed by atoms with Crippen LogP contribution in [0, 0.1) is 5.92 Å². The van der Waals surface area contributed by atoms with Gasteiger partial charge in [0.2, 0.25) is 0 Å². The Morgan fingerprint density at radius 2 is 1.76 bits per heavy atom. The summed E-state index contributed by atoms with van der Waals surface area (Å²) in [6, 6.07) is 17.6. The highest BCUT2D eigenvalue weighted by molar-refractivity contribution is 5.80. The van der Waals surface area contributed by atoms with E-state index >= 15 is 0 Å². The number of rotatable bonds is 6. The van der Waals surface area contributed by atoms with E-state index in [1.807, 2.05) is 0 Å². The topological polar surface area (TPSA) is 0 Å². The van der Waals surface area contributed by atoms with Gasteiger partial charge in [-0.05, 0) is 72.6 Å². The van der Waals surface area contributed by atoms with Gasteiger partial charge in [-0.2, -0.15) is 0 Å². The third kappa shape index (κ3) is 5.23. The van der Waals surface area contributed by atoms with Gasteiger partial charge in [-0.15, -0.1) is 0 Å². The summed E-state index contributed by atoms with van der Waals surface area (Å²) in [5, 5.41) is 0. The van der Waals surface area contributed by atoms with Crippen LogP contribution in [0.4, 0.5) is 0 Å². The molecule has 2 rings (SSSR count). The monoisotopic (exact) mass is 328 g/mol. The van der Waals surface area contributed by atoms with Crippen molar-refractivity contribution in [1.29, 1.82) is 0 Å². The quantitative estimate of drug-likeness (QED) is 0.490. The summed E-state index contributed by atoms with van der Waals surface area (Å²) in [5.41, 5.74) is 13.6. The number of allylic oxidation sites excluding steroid dienone is 3. The zero-order valence-corrected chi connectivity index (χ0v) is 15.9. The van der Waals surface area contributed by atoms with Crippen LogP contribution in [0.1, 0.15) is 45.2 Å². The molecule has 0 saturated carbocycles. The van der Waals surface area contributed by atoms with E-state index in [0.29, 0.717) is 5.92 Å². The Labute approximate surface area is 152 Å². The number of hydrogen-bond acceptors (Lipinski definition) is 0. The zero-order valence-electron chi connectivity index (χ0n) is 15.9. The van der Waals surface area contributed by atoms with Crippen LogP contribution in [-0.4, -0.2) is 0 Å². The maximum Gasteiger partial charge on any atom is -0.0109 e. The highest BCUT2D eigenvalue weighted by atomic mass is 14.1. The minimum absolute atomic E-state index is 0.455. The molecule has 0 aliphatic rings. The highest BCUT2D eigenvalue weighted by Gasteiger charge is 2.08. The molecule has 0 spiro atoms. The van der Waals surface area contributed by atoms with E-state index < -0.39 is 0 Å². The van der Waals surface area contributed by atoms with E-state index in [1.165, 1.54) is 33.4 Å². The van der Waals surface area contributed by atoms with Crippen molar-refractivity contribution in [3.8, 4) is 11.1 Å². The first-order valence-electron chi connectivity index (χ1n) is 9.02. The van der Waals surface area contributed by atoms with Gasteiger partial charge in [0.05, 0.1) is 0 Å². The highest BCUT2D eigenvalue weighted by Crippen LogP contribution is 2.30. The molecule has 25 heavy (non-hydrogen) atoms. The summed E-state index contributed by atoms with van der Waals surface area (Å²) in [6.07, 6.45) is 4.41. The van der Waals surface area contributed by atoms with Crippen molar-refractivity contribution < 1.29 is 0 Å². The van der Waals surface area contributed by atoms with Crippen LogP contribution in [0.3, 0.4) is 0 Å². The average Bonchev–Trinajstić information content (AvgIpc) is 2.61. The summed E-state index contributed by atoms with van der Waals surface area (Å²) < 4.78 is 0. The summed E-state index contributed by atoms with van der Waals surface area (Å²) in [5.74, 6) is 0.455. The lowest BCUT2D eigenvalue weighted by atomic mass is 9.91. The van der Waals surface area contributed by atoms with Gasteiger partial charge in [-0.3, -0.25) is 0 Å². The summed E-state index contributed by atoms with van der Waals surface area (Å²) >= 11 is 0. The van der Waals surface area contributed by atoms with Crippen molar-refractivity contribution in [3.05, 3.63) is 89.3 Å². The van der Waals surface area contributed by atoms with Crippen molar-refractivity contribution in [2.75, 3.05) is 0 Å². The number of benzene rings is 2. The van der Waals surface area contributed by atoms with Crippen LogP contribution in [0.15, 0.2) is 78.2 Å². The van der Waals surface area contributed by atoms with Crippen LogP contribution in [0.2, 0.25) is 0 Å².